The molecule has 0 fully saturated rings. The summed E-state index contributed by atoms with van der Waals surface area (Å²) in [5.74, 6) is 0.735. The van der Waals surface area contributed by atoms with E-state index < -0.39 is 0 Å². The van der Waals surface area contributed by atoms with Crippen LogP contribution in [0.15, 0.2) is 52.0 Å². The van der Waals surface area contributed by atoms with Gasteiger partial charge in [0.25, 0.3) is 5.91 Å². The third-order valence-electron chi connectivity index (χ3n) is 2.90. The maximum atomic E-state index is 12.0. The predicted molar refractivity (Wildman–Crippen MR) is 88.7 cm³/mol. The lowest BCUT2D eigenvalue weighted by Gasteiger charge is -2.08. The minimum atomic E-state index is -0.325. The Morgan fingerprint density at radius 3 is 2.41 bits per heavy atom. The van der Waals surface area contributed by atoms with Crippen LogP contribution >= 0.6 is 15.9 Å². The number of carbonyl (C=O) groups is 1. The highest BCUT2D eigenvalue weighted by atomic mass is 79.9. The molecular weight excluding hydrogens is 348 g/mol. The zero-order valence-corrected chi connectivity index (χ0v) is 13.8. The Hall–Kier alpha value is -2.34. The Labute approximate surface area is 137 Å². The molecule has 6 heteroatoms. The number of amides is 1. The van der Waals surface area contributed by atoms with E-state index in [9.17, 15) is 4.79 Å². The molecule has 0 radical (unpaired) electrons. The van der Waals surface area contributed by atoms with Gasteiger partial charge < -0.3 is 9.47 Å². The fourth-order valence-electron chi connectivity index (χ4n) is 1.76. The molecule has 0 bridgehead atoms. The van der Waals surface area contributed by atoms with Gasteiger partial charge in [0, 0.05) is 10.0 Å². The van der Waals surface area contributed by atoms with Gasteiger partial charge in [-0.15, -0.1) is 0 Å². The highest BCUT2D eigenvalue weighted by Crippen LogP contribution is 2.27. The number of rotatable bonds is 5. The first-order chi connectivity index (χ1) is 10.6. The molecule has 114 valence electrons. The average Bonchev–Trinajstić information content (AvgIpc) is 2.55. The SMILES string of the molecule is COc1ccc(C(=O)N/N=C\c2ccc(Br)cc2)cc1OC. The van der Waals surface area contributed by atoms with Gasteiger partial charge in [-0.2, -0.15) is 5.10 Å². The van der Waals surface area contributed by atoms with Gasteiger partial charge in [0.15, 0.2) is 11.5 Å². The lowest BCUT2D eigenvalue weighted by molar-refractivity contribution is 0.0954. The van der Waals surface area contributed by atoms with Crippen LogP contribution in [0.25, 0.3) is 0 Å². The molecule has 0 aliphatic rings. The van der Waals surface area contributed by atoms with E-state index in [2.05, 4.69) is 26.5 Å². The standard InChI is InChI=1S/C16H15BrN2O3/c1-21-14-8-5-12(9-15(14)22-2)16(20)19-18-10-11-3-6-13(17)7-4-11/h3-10H,1-2H3,(H,19,20)/b18-10-. The lowest BCUT2D eigenvalue weighted by Crippen LogP contribution is -2.17. The number of hydrazone groups is 1. The van der Waals surface area contributed by atoms with E-state index in [1.54, 1.807) is 31.5 Å². The lowest BCUT2D eigenvalue weighted by atomic mass is 10.2. The van der Waals surface area contributed by atoms with Crippen molar-refractivity contribution in [3.63, 3.8) is 0 Å². The van der Waals surface area contributed by atoms with E-state index in [0.29, 0.717) is 17.1 Å². The second-order valence-corrected chi connectivity index (χ2v) is 5.24. The molecule has 0 spiro atoms. The van der Waals surface area contributed by atoms with Gasteiger partial charge in [0.2, 0.25) is 0 Å². The molecule has 2 aromatic carbocycles. The second kappa shape index (κ2) is 7.61. The molecule has 1 N–H and O–H groups in total. The van der Waals surface area contributed by atoms with Gasteiger partial charge in [-0.3, -0.25) is 4.79 Å². The summed E-state index contributed by atoms with van der Waals surface area (Å²) in [7, 11) is 3.06. The maximum absolute atomic E-state index is 12.0. The first-order valence-corrected chi connectivity index (χ1v) is 7.24. The van der Waals surface area contributed by atoms with E-state index in [-0.39, 0.29) is 5.91 Å². The Morgan fingerprint density at radius 2 is 1.77 bits per heavy atom. The van der Waals surface area contributed by atoms with Crippen molar-refractivity contribution >= 4 is 28.1 Å². The highest BCUT2D eigenvalue weighted by molar-refractivity contribution is 9.10. The monoisotopic (exact) mass is 362 g/mol. The Bertz CT molecular complexity index is 684. The van der Waals surface area contributed by atoms with Crippen LogP contribution in [0.2, 0.25) is 0 Å². The number of methoxy groups -OCH3 is 2. The van der Waals surface area contributed by atoms with Crippen molar-refractivity contribution < 1.29 is 14.3 Å². The number of ether oxygens (including phenoxy) is 2. The predicted octanol–water partition coefficient (Wildman–Crippen LogP) is 3.23. The number of hydrogen-bond donors (Lipinski definition) is 1. The zero-order valence-electron chi connectivity index (χ0n) is 12.2. The van der Waals surface area contributed by atoms with Gasteiger partial charge in [0.1, 0.15) is 0 Å². The minimum Gasteiger partial charge on any atom is -0.493 e. The van der Waals surface area contributed by atoms with Gasteiger partial charge in [0.05, 0.1) is 20.4 Å². The minimum absolute atomic E-state index is 0.325. The number of nitrogens with one attached hydrogen (secondary N) is 1. The van der Waals surface area contributed by atoms with Gasteiger partial charge in [-0.1, -0.05) is 28.1 Å². The van der Waals surface area contributed by atoms with Crippen LogP contribution in [0.5, 0.6) is 11.5 Å². The van der Waals surface area contributed by atoms with Crippen LogP contribution in [-0.4, -0.2) is 26.3 Å². The Balaban J connectivity index is 2.04. The van der Waals surface area contributed by atoms with E-state index in [4.69, 9.17) is 9.47 Å². The normalized spacial score (nSPS) is 10.5. The smallest absolute Gasteiger partial charge is 0.271 e. The fraction of sp³-hybridized carbons (Fsp3) is 0.125. The molecule has 2 aromatic rings. The van der Waals surface area contributed by atoms with Crippen molar-refractivity contribution in [2.45, 2.75) is 0 Å². The third kappa shape index (κ3) is 4.08. The van der Waals surface area contributed by atoms with Crippen LogP contribution in [0.1, 0.15) is 15.9 Å². The molecule has 0 aromatic heterocycles. The Morgan fingerprint density at radius 1 is 1.09 bits per heavy atom. The largest absolute Gasteiger partial charge is 0.493 e. The molecule has 0 unspecified atom stereocenters. The quantitative estimate of drug-likeness (QED) is 0.656. The van der Waals surface area contributed by atoms with Crippen LogP contribution < -0.4 is 14.9 Å². The zero-order chi connectivity index (χ0) is 15.9. The summed E-state index contributed by atoms with van der Waals surface area (Å²) in [6, 6.07) is 12.5. The number of halogens is 1. The first kappa shape index (κ1) is 16.0. The van der Waals surface area contributed by atoms with Crippen molar-refractivity contribution in [3.05, 3.63) is 58.1 Å². The van der Waals surface area contributed by atoms with Crippen LogP contribution in [0, 0.1) is 0 Å². The van der Waals surface area contributed by atoms with Crippen molar-refractivity contribution in [1.82, 2.24) is 5.43 Å². The topological polar surface area (TPSA) is 59.9 Å². The Kier molecular flexibility index (Phi) is 5.55. The molecule has 0 atom stereocenters. The number of nitrogens with zero attached hydrogens (tertiary/aromatic N) is 1. The molecular formula is C16H15BrN2O3. The molecule has 0 aliphatic heterocycles. The summed E-state index contributed by atoms with van der Waals surface area (Å²) in [6.45, 7) is 0. The molecule has 0 saturated heterocycles. The van der Waals surface area contributed by atoms with Gasteiger partial charge in [-0.05, 0) is 35.9 Å². The number of carbonyl (C=O) groups excluding carboxylic acids is 1. The summed E-state index contributed by atoms with van der Waals surface area (Å²) in [5, 5.41) is 3.93. The molecule has 2 rings (SSSR count). The average molecular weight is 363 g/mol. The summed E-state index contributed by atoms with van der Waals surface area (Å²) in [4.78, 5) is 12.0. The van der Waals surface area contributed by atoms with Gasteiger partial charge >= 0.3 is 0 Å². The third-order valence-corrected chi connectivity index (χ3v) is 3.42. The molecule has 0 saturated carbocycles. The van der Waals surface area contributed by atoms with Crippen molar-refractivity contribution in [2.24, 2.45) is 5.10 Å². The van der Waals surface area contributed by atoms with Crippen LogP contribution in [0.3, 0.4) is 0 Å². The van der Waals surface area contributed by atoms with Crippen molar-refractivity contribution in [3.8, 4) is 11.5 Å². The highest BCUT2D eigenvalue weighted by Gasteiger charge is 2.09. The summed E-state index contributed by atoms with van der Waals surface area (Å²) in [5.41, 5.74) is 3.79. The van der Waals surface area contributed by atoms with E-state index >= 15 is 0 Å². The summed E-state index contributed by atoms with van der Waals surface area (Å²) < 4.78 is 11.3. The van der Waals surface area contributed by atoms with Crippen LogP contribution in [0.4, 0.5) is 0 Å². The van der Waals surface area contributed by atoms with Crippen molar-refractivity contribution in [2.75, 3.05) is 14.2 Å². The molecule has 5 nitrogen and oxygen atoms in total. The second-order valence-electron chi connectivity index (χ2n) is 4.32. The van der Waals surface area contributed by atoms with E-state index in [1.165, 1.54) is 7.11 Å². The summed E-state index contributed by atoms with van der Waals surface area (Å²) in [6.07, 6.45) is 1.57. The molecule has 0 aliphatic carbocycles. The summed E-state index contributed by atoms with van der Waals surface area (Å²) >= 11 is 3.36. The molecule has 0 heterocycles. The van der Waals surface area contributed by atoms with E-state index in [1.807, 2.05) is 24.3 Å². The molecule has 22 heavy (non-hydrogen) atoms. The number of hydrogen-bond acceptors (Lipinski definition) is 4. The molecule has 1 amide bonds. The maximum Gasteiger partial charge on any atom is 0.271 e. The number of benzene rings is 2. The first-order valence-electron chi connectivity index (χ1n) is 6.45. The van der Waals surface area contributed by atoms with Crippen molar-refractivity contribution in [1.29, 1.82) is 0 Å². The van der Waals surface area contributed by atoms with Gasteiger partial charge in [-0.25, -0.2) is 5.43 Å². The fourth-order valence-corrected chi connectivity index (χ4v) is 2.02. The van der Waals surface area contributed by atoms with E-state index in [0.717, 1.165) is 10.0 Å². The van der Waals surface area contributed by atoms with Crippen LogP contribution in [-0.2, 0) is 0 Å².